The second kappa shape index (κ2) is 5.40. The van der Waals surface area contributed by atoms with E-state index in [0.29, 0.717) is 0 Å². The predicted molar refractivity (Wildman–Crippen MR) is 52.5 cm³/mol. The molecular formula is C7H14NO8P. The summed E-state index contributed by atoms with van der Waals surface area (Å²) >= 11 is 0. The smallest absolute Gasteiger partial charge is 0.388 e. The lowest BCUT2D eigenvalue weighted by atomic mass is 10.1. The van der Waals surface area contributed by atoms with E-state index in [9.17, 15) is 19.6 Å². The third-order valence-electron chi connectivity index (χ3n) is 2.15. The highest BCUT2D eigenvalue weighted by atomic mass is 31.2. The molecule has 1 aliphatic heterocycles. The first-order valence-corrected chi connectivity index (χ1v) is 6.22. The molecule has 17 heavy (non-hydrogen) atoms. The summed E-state index contributed by atoms with van der Waals surface area (Å²) in [5, 5.41) is 21.2. The van der Waals surface area contributed by atoms with E-state index in [-0.39, 0.29) is 0 Å². The zero-order chi connectivity index (χ0) is 13.2. The van der Waals surface area contributed by atoms with Crippen molar-refractivity contribution in [1.29, 1.82) is 0 Å². The van der Waals surface area contributed by atoms with Gasteiger partial charge in [-0.15, -0.1) is 0 Å². The standard InChI is InChI=1S/C7H14NO8P/c1-3(9)8-5-6(10)4(16-7(5)11)2-15-17(12,13)14/h4-7,10-11H,2H2,1H3,(H,8,9)(H2,12,13,14)/t4-,5+,6?,7?/m1/s1. The number of hydrogen-bond acceptors (Lipinski definition) is 6. The minimum Gasteiger partial charge on any atom is -0.388 e. The third kappa shape index (κ3) is 4.32. The van der Waals surface area contributed by atoms with Crippen LogP contribution in [0.4, 0.5) is 0 Å². The van der Waals surface area contributed by atoms with Crippen molar-refractivity contribution >= 4 is 13.7 Å². The summed E-state index contributed by atoms with van der Waals surface area (Å²) in [7, 11) is -4.67. The third-order valence-corrected chi connectivity index (χ3v) is 2.63. The van der Waals surface area contributed by atoms with Crippen LogP contribution in [0.15, 0.2) is 0 Å². The Balaban J connectivity index is 2.55. The molecular weight excluding hydrogens is 257 g/mol. The molecule has 0 aromatic carbocycles. The van der Waals surface area contributed by atoms with Crippen LogP contribution in [0.25, 0.3) is 0 Å². The lowest BCUT2D eigenvalue weighted by Gasteiger charge is -2.18. The summed E-state index contributed by atoms with van der Waals surface area (Å²) in [5.41, 5.74) is 0. The number of carbonyl (C=O) groups excluding carboxylic acids is 1. The van der Waals surface area contributed by atoms with Crippen LogP contribution in [-0.4, -0.2) is 57.1 Å². The summed E-state index contributed by atoms with van der Waals surface area (Å²) in [5.74, 6) is -0.478. The molecule has 1 aliphatic rings. The molecule has 1 heterocycles. The molecule has 9 nitrogen and oxygen atoms in total. The highest BCUT2D eigenvalue weighted by molar-refractivity contribution is 7.46. The molecule has 100 valence electrons. The van der Waals surface area contributed by atoms with Gasteiger partial charge in [0.1, 0.15) is 18.2 Å². The molecule has 0 aliphatic carbocycles. The molecule has 1 saturated heterocycles. The van der Waals surface area contributed by atoms with E-state index in [4.69, 9.17) is 14.5 Å². The van der Waals surface area contributed by atoms with E-state index in [2.05, 4.69) is 9.84 Å². The molecule has 10 heteroatoms. The van der Waals surface area contributed by atoms with Gasteiger partial charge in [0.25, 0.3) is 0 Å². The lowest BCUT2D eigenvalue weighted by Crippen LogP contribution is -2.47. The zero-order valence-corrected chi connectivity index (χ0v) is 9.78. The number of carbonyl (C=O) groups is 1. The van der Waals surface area contributed by atoms with Gasteiger partial charge in [0, 0.05) is 6.92 Å². The van der Waals surface area contributed by atoms with Crippen LogP contribution in [0.2, 0.25) is 0 Å². The Morgan fingerprint density at radius 3 is 2.53 bits per heavy atom. The number of aliphatic hydroxyl groups excluding tert-OH is 2. The zero-order valence-electron chi connectivity index (χ0n) is 8.89. The number of phosphoric acid groups is 1. The molecule has 0 bridgehead atoms. The van der Waals surface area contributed by atoms with Gasteiger partial charge in [-0.3, -0.25) is 9.32 Å². The summed E-state index contributed by atoms with van der Waals surface area (Å²) in [6, 6.07) is -1.06. The van der Waals surface area contributed by atoms with E-state index < -0.39 is 44.9 Å². The predicted octanol–water partition coefficient (Wildman–Crippen LogP) is -2.32. The van der Waals surface area contributed by atoms with Crippen molar-refractivity contribution in [3.63, 3.8) is 0 Å². The van der Waals surface area contributed by atoms with Crippen LogP contribution in [0.3, 0.4) is 0 Å². The summed E-state index contributed by atoms with van der Waals surface area (Å²) in [4.78, 5) is 27.7. The number of amides is 1. The Morgan fingerprint density at radius 2 is 2.06 bits per heavy atom. The Kier molecular flexibility index (Phi) is 4.62. The van der Waals surface area contributed by atoms with Crippen molar-refractivity contribution in [2.75, 3.05) is 6.61 Å². The average Bonchev–Trinajstić information content (AvgIpc) is 2.41. The first-order valence-electron chi connectivity index (χ1n) is 4.69. The minimum atomic E-state index is -4.67. The highest BCUT2D eigenvalue weighted by Crippen LogP contribution is 2.37. The first kappa shape index (κ1) is 14.5. The van der Waals surface area contributed by atoms with Crippen LogP contribution in [0.1, 0.15) is 6.92 Å². The summed E-state index contributed by atoms with van der Waals surface area (Å²) in [6.45, 7) is 0.595. The molecule has 4 atom stereocenters. The summed E-state index contributed by atoms with van der Waals surface area (Å²) < 4.78 is 19.4. The molecule has 1 rings (SSSR count). The van der Waals surface area contributed by atoms with Gasteiger partial charge in [-0.05, 0) is 0 Å². The number of phosphoric ester groups is 1. The van der Waals surface area contributed by atoms with E-state index in [1.807, 2.05) is 0 Å². The molecule has 0 saturated carbocycles. The monoisotopic (exact) mass is 271 g/mol. The fourth-order valence-corrected chi connectivity index (χ4v) is 1.79. The van der Waals surface area contributed by atoms with Crippen molar-refractivity contribution in [2.45, 2.75) is 31.5 Å². The number of rotatable bonds is 4. The van der Waals surface area contributed by atoms with Gasteiger partial charge in [-0.2, -0.15) is 0 Å². The van der Waals surface area contributed by atoms with Crippen LogP contribution in [0, 0.1) is 0 Å². The minimum absolute atomic E-state index is 0.478. The van der Waals surface area contributed by atoms with Crippen LogP contribution >= 0.6 is 7.82 Å². The number of hydrogen-bond donors (Lipinski definition) is 5. The molecule has 0 aromatic heterocycles. The van der Waals surface area contributed by atoms with E-state index >= 15 is 0 Å². The maximum absolute atomic E-state index is 10.8. The lowest BCUT2D eigenvalue weighted by molar-refractivity contribution is -0.127. The van der Waals surface area contributed by atoms with Crippen molar-refractivity contribution in [1.82, 2.24) is 5.32 Å². The van der Waals surface area contributed by atoms with Crippen molar-refractivity contribution < 1.29 is 38.6 Å². The first-order chi connectivity index (χ1) is 7.70. The molecule has 0 aromatic rings. The second-order valence-electron chi connectivity index (χ2n) is 3.57. The summed E-state index contributed by atoms with van der Waals surface area (Å²) in [6.07, 6.45) is -3.91. The number of nitrogens with one attached hydrogen (secondary N) is 1. The molecule has 5 N–H and O–H groups in total. The Morgan fingerprint density at radius 1 is 1.47 bits per heavy atom. The Labute approximate surface area is 96.6 Å². The highest BCUT2D eigenvalue weighted by Gasteiger charge is 2.44. The molecule has 0 spiro atoms. The average molecular weight is 271 g/mol. The Hall–Kier alpha value is -0.540. The normalized spacial score (nSPS) is 33.7. The van der Waals surface area contributed by atoms with Gasteiger partial charge in [0.05, 0.1) is 6.61 Å². The van der Waals surface area contributed by atoms with Gasteiger partial charge in [-0.25, -0.2) is 4.57 Å². The van der Waals surface area contributed by atoms with Gasteiger partial charge < -0.3 is 30.1 Å². The number of ether oxygens (including phenoxy) is 1. The van der Waals surface area contributed by atoms with Gasteiger partial charge in [-0.1, -0.05) is 0 Å². The fourth-order valence-electron chi connectivity index (χ4n) is 1.44. The molecule has 1 fully saturated rings. The van der Waals surface area contributed by atoms with E-state index in [0.717, 1.165) is 0 Å². The van der Waals surface area contributed by atoms with Crippen molar-refractivity contribution in [2.24, 2.45) is 0 Å². The van der Waals surface area contributed by atoms with Crippen LogP contribution < -0.4 is 5.32 Å². The largest absolute Gasteiger partial charge is 0.469 e. The molecule has 1 amide bonds. The van der Waals surface area contributed by atoms with Crippen LogP contribution in [0.5, 0.6) is 0 Å². The number of aliphatic hydroxyl groups is 2. The quantitative estimate of drug-likeness (QED) is 0.358. The Bertz CT molecular complexity index is 330. The van der Waals surface area contributed by atoms with E-state index in [1.54, 1.807) is 0 Å². The maximum atomic E-state index is 10.8. The van der Waals surface area contributed by atoms with E-state index in [1.165, 1.54) is 6.92 Å². The van der Waals surface area contributed by atoms with Crippen molar-refractivity contribution in [3.05, 3.63) is 0 Å². The van der Waals surface area contributed by atoms with Crippen molar-refractivity contribution in [3.8, 4) is 0 Å². The van der Waals surface area contributed by atoms with Crippen LogP contribution in [-0.2, 0) is 18.6 Å². The van der Waals surface area contributed by atoms with Gasteiger partial charge in [0.15, 0.2) is 6.29 Å². The maximum Gasteiger partial charge on any atom is 0.469 e. The SMILES string of the molecule is CC(=O)N[C@@H]1C(O)O[C@H](COP(=O)(O)O)C1O. The molecule has 2 unspecified atom stereocenters. The fraction of sp³-hybridized carbons (Fsp3) is 0.857. The molecule has 0 radical (unpaired) electrons. The second-order valence-corrected chi connectivity index (χ2v) is 4.81. The topological polar surface area (TPSA) is 146 Å². The van der Waals surface area contributed by atoms with Gasteiger partial charge in [0.2, 0.25) is 5.91 Å². The van der Waals surface area contributed by atoms with Gasteiger partial charge >= 0.3 is 7.82 Å².